The molecule has 0 aromatic rings. The molecule has 0 amide bonds. The van der Waals surface area contributed by atoms with Gasteiger partial charge in [-0.3, -0.25) is 24.1 Å². The molecule has 11 nitrogen and oxygen atoms in total. The fourth-order valence-electron chi connectivity index (χ4n) is 10.9. The summed E-state index contributed by atoms with van der Waals surface area (Å²) in [5, 5.41) is 28.8. The Morgan fingerprint density at radius 1 is 0.891 bits per heavy atom. The van der Waals surface area contributed by atoms with Crippen LogP contribution in [0.1, 0.15) is 111 Å². The Morgan fingerprint density at radius 3 is 2.28 bits per heavy atom. The molecule has 3 N–H and O–H groups in total. The number of carbonyl (C=O) groups excluding carboxylic acids is 3. The summed E-state index contributed by atoms with van der Waals surface area (Å²) in [6.45, 7) is 9.55. The largest absolute Gasteiger partial charge is 0.481 e. The number of aliphatic hydroxyl groups is 1. The lowest BCUT2D eigenvalue weighted by molar-refractivity contribution is -0.203. The third-order valence-electron chi connectivity index (χ3n) is 13.1. The van der Waals surface area contributed by atoms with Crippen molar-refractivity contribution in [3.8, 4) is 0 Å². The third kappa shape index (κ3) is 6.60. The van der Waals surface area contributed by atoms with Gasteiger partial charge in [-0.15, -0.1) is 0 Å². The number of ether oxygens (including phenoxy) is 2. The van der Waals surface area contributed by atoms with E-state index in [1.165, 1.54) is 6.42 Å². The van der Waals surface area contributed by atoms with E-state index in [9.17, 15) is 34.2 Å². The second-order valence-electron chi connectivity index (χ2n) is 15.8. The minimum atomic E-state index is -2.74. The monoisotopic (exact) mass is 647 g/mol. The molecule has 0 aromatic carbocycles. The molecule has 0 bridgehead atoms. The zero-order valence-corrected chi connectivity index (χ0v) is 27.9. The van der Waals surface area contributed by atoms with Crippen molar-refractivity contribution < 1.29 is 48.8 Å². The van der Waals surface area contributed by atoms with Gasteiger partial charge in [-0.05, 0) is 113 Å². The normalized spacial score (nSPS) is 40.4. The van der Waals surface area contributed by atoms with Crippen LogP contribution in [0.5, 0.6) is 0 Å². The molecule has 5 rings (SSSR count). The summed E-state index contributed by atoms with van der Waals surface area (Å²) in [4.78, 5) is 64.1. The number of aliphatic carboxylic acids is 2. The average molecular weight is 648 g/mol. The maximum Gasteiger partial charge on any atom is 0.336 e. The van der Waals surface area contributed by atoms with Crippen LogP contribution in [0.3, 0.4) is 0 Å². The van der Waals surface area contributed by atoms with Crippen LogP contribution in [0.4, 0.5) is 0 Å². The number of hydrogen-bond donors (Lipinski definition) is 3. The molecule has 5 aliphatic rings. The molecule has 1 aliphatic heterocycles. The summed E-state index contributed by atoms with van der Waals surface area (Å²) in [6.07, 6.45) is 6.70. The zero-order valence-electron chi connectivity index (χ0n) is 27.9. The van der Waals surface area contributed by atoms with Gasteiger partial charge in [0.2, 0.25) is 0 Å². The molecule has 11 heteroatoms. The number of piperidine rings is 1. The number of carbonyl (C=O) groups is 5. The molecule has 0 aromatic heterocycles. The molecule has 5 unspecified atom stereocenters. The topological polar surface area (TPSA) is 168 Å². The number of likely N-dealkylation sites (tertiary alicyclic amines) is 1. The lowest BCUT2D eigenvalue weighted by atomic mass is 9.43. The Morgan fingerprint density at radius 2 is 1.63 bits per heavy atom. The molecule has 258 valence electrons. The van der Waals surface area contributed by atoms with Crippen LogP contribution < -0.4 is 0 Å². The molecular weight excluding hydrogens is 594 g/mol. The van der Waals surface area contributed by atoms with E-state index in [0.717, 1.165) is 51.5 Å². The van der Waals surface area contributed by atoms with Crippen LogP contribution in [0.15, 0.2) is 0 Å². The summed E-state index contributed by atoms with van der Waals surface area (Å²) < 4.78 is 12.2. The van der Waals surface area contributed by atoms with Crippen molar-refractivity contribution in [1.29, 1.82) is 0 Å². The maximum absolute atomic E-state index is 13.6. The third-order valence-corrected chi connectivity index (χ3v) is 13.1. The first-order chi connectivity index (χ1) is 21.6. The van der Waals surface area contributed by atoms with Gasteiger partial charge < -0.3 is 24.8 Å². The van der Waals surface area contributed by atoms with Gasteiger partial charge >= 0.3 is 23.9 Å². The van der Waals surface area contributed by atoms with Gasteiger partial charge in [0.1, 0.15) is 18.0 Å². The Bertz CT molecular complexity index is 1220. The maximum atomic E-state index is 13.6. The lowest BCUT2D eigenvalue weighted by Gasteiger charge is -2.62. The molecule has 0 radical (unpaired) electrons. The quantitative estimate of drug-likeness (QED) is 0.290. The highest BCUT2D eigenvalue weighted by molar-refractivity contribution is 5.88. The molecular formula is C35H53NO10. The van der Waals surface area contributed by atoms with Crippen LogP contribution in [0.25, 0.3) is 0 Å². The van der Waals surface area contributed by atoms with Crippen LogP contribution in [0, 0.1) is 40.4 Å². The first-order valence-electron chi connectivity index (χ1n) is 17.4. The van der Waals surface area contributed by atoms with E-state index in [1.807, 2.05) is 0 Å². The van der Waals surface area contributed by atoms with Crippen molar-refractivity contribution in [2.45, 2.75) is 135 Å². The molecule has 1 heterocycles. The van der Waals surface area contributed by atoms with Crippen molar-refractivity contribution in [2.24, 2.45) is 40.4 Å². The van der Waals surface area contributed by atoms with E-state index in [0.29, 0.717) is 37.1 Å². The lowest BCUT2D eigenvalue weighted by Crippen LogP contribution is -2.60. The van der Waals surface area contributed by atoms with Gasteiger partial charge in [-0.25, -0.2) is 4.79 Å². The zero-order chi connectivity index (χ0) is 33.6. The fraction of sp³-hybridized carbons (Fsp3) is 0.857. The fourth-order valence-corrected chi connectivity index (χ4v) is 10.9. The number of fused-ring (bicyclic) bond motifs is 5. The van der Waals surface area contributed by atoms with Crippen molar-refractivity contribution in [3.63, 3.8) is 0 Å². The standard InChI is InChI=1S/C35H53NO10/c1-20-7-5-6-14-36(20)19-30(41)46-27-16-34(4)25(21(2)37)10-11-26(34)24-9-8-22-15-23(12-13-33(22,3)31(24)27)45-29(40)18-35(44,32(42)43)17-28(38)39/h20,22-27,31,44H,5-19H2,1-4H3,(H,38,39)(H,42,43)/t20?,22?,23?,24-,25+,26-,27?,31+,33-,34+,35?/m0/s1. The number of nitrogens with zero attached hydrogens (tertiary/aromatic N) is 1. The van der Waals surface area contributed by atoms with Gasteiger partial charge in [0, 0.05) is 17.9 Å². The van der Waals surface area contributed by atoms with Gasteiger partial charge in [-0.2, -0.15) is 0 Å². The Labute approximate surface area is 271 Å². The molecule has 0 spiro atoms. The summed E-state index contributed by atoms with van der Waals surface area (Å²) in [6, 6.07) is 0.337. The molecule has 11 atom stereocenters. The van der Waals surface area contributed by atoms with Crippen molar-refractivity contribution in [1.82, 2.24) is 4.90 Å². The number of rotatable bonds is 10. The van der Waals surface area contributed by atoms with E-state index in [1.54, 1.807) is 6.92 Å². The Balaban J connectivity index is 1.33. The van der Waals surface area contributed by atoms with Crippen LogP contribution in [0.2, 0.25) is 0 Å². The van der Waals surface area contributed by atoms with E-state index < -0.39 is 42.5 Å². The molecule has 5 fully saturated rings. The number of carboxylic acids is 2. The predicted octanol–water partition coefficient (Wildman–Crippen LogP) is 4.22. The summed E-state index contributed by atoms with van der Waals surface area (Å²) in [7, 11) is 0. The number of Topliss-reactive ketones (excluding diaryl/α,β-unsaturated/α-hetero) is 1. The van der Waals surface area contributed by atoms with E-state index in [4.69, 9.17) is 14.6 Å². The molecule has 1 saturated heterocycles. The summed E-state index contributed by atoms with van der Waals surface area (Å²) >= 11 is 0. The minimum Gasteiger partial charge on any atom is -0.481 e. The van der Waals surface area contributed by atoms with Gasteiger partial charge in [-0.1, -0.05) is 20.3 Å². The van der Waals surface area contributed by atoms with Crippen molar-refractivity contribution >= 4 is 29.7 Å². The van der Waals surface area contributed by atoms with Crippen LogP contribution in [-0.2, 0) is 33.4 Å². The molecule has 4 saturated carbocycles. The molecule has 46 heavy (non-hydrogen) atoms. The average Bonchev–Trinajstić information content (AvgIpc) is 3.30. The van der Waals surface area contributed by atoms with Crippen LogP contribution >= 0.6 is 0 Å². The first kappa shape index (κ1) is 34.8. The number of esters is 2. The van der Waals surface area contributed by atoms with Gasteiger partial charge in [0.05, 0.1) is 19.4 Å². The Kier molecular flexibility index (Phi) is 9.96. The second-order valence-corrected chi connectivity index (χ2v) is 15.8. The number of carboxylic acid groups (broad SMARTS) is 2. The summed E-state index contributed by atoms with van der Waals surface area (Å²) in [5.74, 6) is -3.26. The minimum absolute atomic E-state index is 0.0342. The highest BCUT2D eigenvalue weighted by Gasteiger charge is 2.65. The van der Waals surface area contributed by atoms with E-state index >= 15 is 0 Å². The SMILES string of the molecule is CC(=O)[C@H]1CC[C@H]2[C@@H]3CCC4CC(OC(=O)CC(O)(CC(=O)O)C(=O)O)CC[C@]4(C)[C@H]3C(OC(=O)CN3CCCCC3C)C[C@]12C. The molecule has 4 aliphatic carbocycles. The van der Waals surface area contributed by atoms with Gasteiger partial charge in [0.25, 0.3) is 0 Å². The van der Waals surface area contributed by atoms with Crippen molar-refractivity contribution in [2.75, 3.05) is 13.1 Å². The highest BCUT2D eigenvalue weighted by Crippen LogP contribution is 2.68. The van der Waals surface area contributed by atoms with Crippen LogP contribution in [-0.4, -0.2) is 86.8 Å². The predicted molar refractivity (Wildman–Crippen MR) is 165 cm³/mol. The summed E-state index contributed by atoms with van der Waals surface area (Å²) in [5.41, 5.74) is -3.14. The van der Waals surface area contributed by atoms with E-state index in [-0.39, 0.29) is 53.0 Å². The van der Waals surface area contributed by atoms with Crippen molar-refractivity contribution in [3.05, 3.63) is 0 Å². The number of hydrogen-bond acceptors (Lipinski definition) is 9. The Hall–Kier alpha value is -2.53. The number of ketones is 1. The van der Waals surface area contributed by atoms with E-state index in [2.05, 4.69) is 25.7 Å². The second kappa shape index (κ2) is 13.2. The first-order valence-corrected chi connectivity index (χ1v) is 17.4. The van der Waals surface area contributed by atoms with Gasteiger partial charge in [0.15, 0.2) is 5.60 Å². The smallest absolute Gasteiger partial charge is 0.336 e. The highest BCUT2D eigenvalue weighted by atomic mass is 16.5.